The summed E-state index contributed by atoms with van der Waals surface area (Å²) in [5.74, 6) is 0.0131. The van der Waals surface area contributed by atoms with Gasteiger partial charge >= 0.3 is 0 Å². The van der Waals surface area contributed by atoms with Crippen LogP contribution in [0.4, 0.5) is 4.79 Å². The molecule has 4 rings (SSSR count). The molecule has 2 aliphatic heterocycles. The van der Waals surface area contributed by atoms with Crippen molar-refractivity contribution >= 4 is 91.7 Å². The maximum absolute atomic E-state index is 12.8. The summed E-state index contributed by atoms with van der Waals surface area (Å²) in [6, 6.07) is 11.3. The third kappa shape index (κ3) is 6.07. The summed E-state index contributed by atoms with van der Waals surface area (Å²) >= 11 is 11.4. The van der Waals surface area contributed by atoms with Crippen molar-refractivity contribution in [2.75, 3.05) is 32.8 Å². The van der Waals surface area contributed by atoms with Crippen molar-refractivity contribution < 1.29 is 23.9 Å². The van der Waals surface area contributed by atoms with Crippen LogP contribution in [0.15, 0.2) is 41.3 Å². The van der Waals surface area contributed by atoms with Crippen molar-refractivity contribution in [2.24, 2.45) is 0 Å². The Balaban J connectivity index is 1.46. The van der Waals surface area contributed by atoms with Crippen LogP contribution in [0.1, 0.15) is 11.1 Å². The molecule has 0 N–H and O–H groups in total. The molecule has 2 aliphatic rings. The zero-order valence-corrected chi connectivity index (χ0v) is 23.6. The van der Waals surface area contributed by atoms with Gasteiger partial charge in [0.1, 0.15) is 18.9 Å². The van der Waals surface area contributed by atoms with Gasteiger partial charge in [-0.2, -0.15) is 0 Å². The minimum atomic E-state index is -0.458. The van der Waals surface area contributed by atoms with E-state index in [0.717, 1.165) is 40.7 Å². The highest BCUT2D eigenvalue weighted by atomic mass is 127. The summed E-state index contributed by atoms with van der Waals surface area (Å²) in [4.78, 5) is 40.7. The second-order valence-electron chi connectivity index (χ2n) is 7.45. The van der Waals surface area contributed by atoms with Crippen molar-refractivity contribution in [2.45, 2.75) is 6.61 Å². The Bertz CT molecular complexity index is 1150. The lowest BCUT2D eigenvalue weighted by Gasteiger charge is -2.28. The fraction of sp³-hybridized carbons (Fsp3) is 0.261. The van der Waals surface area contributed by atoms with E-state index in [4.69, 9.17) is 21.1 Å². The number of thioether (sulfide) groups is 1. The Morgan fingerprint density at radius 2 is 1.82 bits per heavy atom. The van der Waals surface area contributed by atoms with Crippen LogP contribution in [0.2, 0.25) is 5.02 Å². The summed E-state index contributed by atoms with van der Waals surface area (Å²) in [6.45, 7) is 1.93. The molecule has 0 radical (unpaired) electrons. The van der Waals surface area contributed by atoms with E-state index in [1.54, 1.807) is 11.0 Å². The maximum atomic E-state index is 12.8. The fourth-order valence-electron chi connectivity index (χ4n) is 3.40. The van der Waals surface area contributed by atoms with E-state index in [-0.39, 0.29) is 17.4 Å². The predicted octanol–water partition coefficient (Wildman–Crippen LogP) is 5.02. The van der Waals surface area contributed by atoms with Gasteiger partial charge in [-0.25, -0.2) is 0 Å². The highest BCUT2D eigenvalue weighted by molar-refractivity contribution is 14.1. The molecule has 0 bridgehead atoms. The molecule has 0 unspecified atom stereocenters. The van der Waals surface area contributed by atoms with Gasteiger partial charge in [0.15, 0.2) is 0 Å². The first-order valence-corrected chi connectivity index (χ1v) is 13.6. The van der Waals surface area contributed by atoms with Gasteiger partial charge in [0.25, 0.3) is 11.1 Å². The van der Waals surface area contributed by atoms with Crippen LogP contribution < -0.4 is 4.74 Å². The number of nitrogens with zero attached hydrogens (tertiary/aromatic N) is 2. The van der Waals surface area contributed by atoms with Crippen LogP contribution in [0.5, 0.6) is 5.75 Å². The molecule has 2 saturated heterocycles. The van der Waals surface area contributed by atoms with Gasteiger partial charge in [-0.3, -0.25) is 19.3 Å². The van der Waals surface area contributed by atoms with Crippen LogP contribution in [0.3, 0.4) is 0 Å². The van der Waals surface area contributed by atoms with Gasteiger partial charge in [0.2, 0.25) is 5.91 Å². The van der Waals surface area contributed by atoms with E-state index < -0.39 is 11.1 Å². The first-order chi connectivity index (χ1) is 16.3. The number of halogens is 3. The SMILES string of the molecule is O=C(CN1C(=O)S/C(=C/c2cc(I)c(OCc3ccccc3Cl)c(I)c2)C1=O)N1CCOCC1. The van der Waals surface area contributed by atoms with E-state index in [9.17, 15) is 14.4 Å². The predicted molar refractivity (Wildman–Crippen MR) is 148 cm³/mol. The number of hydrogen-bond acceptors (Lipinski definition) is 6. The monoisotopic (exact) mass is 724 g/mol. The van der Waals surface area contributed by atoms with Crippen LogP contribution in [0.25, 0.3) is 6.08 Å². The number of morpholine rings is 1. The number of amides is 3. The molecule has 0 spiro atoms. The second-order valence-corrected chi connectivity index (χ2v) is 11.2. The lowest BCUT2D eigenvalue weighted by atomic mass is 10.2. The topological polar surface area (TPSA) is 76.2 Å². The molecular weight excluding hydrogens is 706 g/mol. The third-order valence-corrected chi connectivity index (χ3v) is 8.06. The molecule has 7 nitrogen and oxygen atoms in total. The number of benzene rings is 2. The Labute approximate surface area is 233 Å². The Morgan fingerprint density at radius 1 is 1.15 bits per heavy atom. The molecule has 0 atom stereocenters. The van der Waals surface area contributed by atoms with Gasteiger partial charge in [-0.05, 0) is 86.8 Å². The Morgan fingerprint density at radius 3 is 2.50 bits per heavy atom. The van der Waals surface area contributed by atoms with Gasteiger partial charge in [-0.1, -0.05) is 29.8 Å². The Hall–Kier alpha value is -1.35. The van der Waals surface area contributed by atoms with E-state index in [0.29, 0.717) is 37.9 Å². The minimum Gasteiger partial charge on any atom is -0.487 e. The summed E-state index contributed by atoms with van der Waals surface area (Å²) < 4.78 is 13.0. The van der Waals surface area contributed by atoms with Crippen LogP contribution >= 0.6 is 68.5 Å². The fourth-order valence-corrected chi connectivity index (χ4v) is 6.56. The lowest BCUT2D eigenvalue weighted by Crippen LogP contribution is -2.46. The molecule has 0 aromatic heterocycles. The number of ether oxygens (including phenoxy) is 2. The first kappa shape index (κ1) is 25.7. The molecule has 0 aliphatic carbocycles. The van der Waals surface area contributed by atoms with E-state index in [1.165, 1.54) is 0 Å². The summed E-state index contributed by atoms with van der Waals surface area (Å²) in [5, 5.41) is 0.203. The van der Waals surface area contributed by atoms with Crippen molar-refractivity contribution in [1.29, 1.82) is 0 Å². The molecule has 3 amide bonds. The van der Waals surface area contributed by atoms with Crippen LogP contribution in [-0.2, 0) is 20.9 Å². The largest absolute Gasteiger partial charge is 0.487 e. The molecule has 2 aromatic rings. The van der Waals surface area contributed by atoms with Gasteiger partial charge in [-0.15, -0.1) is 0 Å². The summed E-state index contributed by atoms with van der Waals surface area (Å²) in [6.07, 6.45) is 1.67. The van der Waals surface area contributed by atoms with Gasteiger partial charge in [0.05, 0.1) is 25.3 Å². The van der Waals surface area contributed by atoms with Gasteiger partial charge < -0.3 is 14.4 Å². The van der Waals surface area contributed by atoms with Crippen molar-refractivity contribution in [3.05, 3.63) is 64.6 Å². The highest BCUT2D eigenvalue weighted by Gasteiger charge is 2.37. The highest BCUT2D eigenvalue weighted by Crippen LogP contribution is 2.35. The van der Waals surface area contributed by atoms with Crippen LogP contribution in [-0.4, -0.2) is 59.7 Å². The zero-order chi connectivity index (χ0) is 24.2. The van der Waals surface area contributed by atoms with Crippen molar-refractivity contribution in [3.63, 3.8) is 0 Å². The van der Waals surface area contributed by atoms with Crippen molar-refractivity contribution in [1.82, 2.24) is 9.80 Å². The molecule has 178 valence electrons. The number of carbonyl (C=O) groups excluding carboxylic acids is 3. The molecule has 2 heterocycles. The van der Waals surface area contributed by atoms with Gasteiger partial charge in [0, 0.05) is 23.7 Å². The maximum Gasteiger partial charge on any atom is 0.294 e. The number of hydrogen-bond donors (Lipinski definition) is 0. The minimum absolute atomic E-state index is 0.254. The number of carbonyl (C=O) groups is 3. The smallest absolute Gasteiger partial charge is 0.294 e. The molecule has 2 aromatic carbocycles. The second kappa shape index (κ2) is 11.6. The standard InChI is InChI=1S/C23H19ClI2N2O5S/c24-16-4-2-1-3-15(16)13-33-21-17(25)9-14(10-18(21)26)11-19-22(30)28(23(31)34-19)12-20(29)27-5-7-32-8-6-27/h1-4,9-11H,5-8,12-13H2/b19-11+. The van der Waals surface area contributed by atoms with E-state index >= 15 is 0 Å². The normalized spacial score (nSPS) is 17.6. The zero-order valence-electron chi connectivity index (χ0n) is 17.8. The molecule has 0 saturated carbocycles. The number of rotatable bonds is 6. The molecular formula is C23H19ClI2N2O5S. The average molecular weight is 725 g/mol. The van der Waals surface area contributed by atoms with E-state index in [2.05, 4.69) is 45.2 Å². The van der Waals surface area contributed by atoms with E-state index in [1.807, 2.05) is 36.4 Å². The number of imide groups is 1. The first-order valence-electron chi connectivity index (χ1n) is 10.3. The summed E-state index contributed by atoms with van der Waals surface area (Å²) in [5.41, 5.74) is 1.66. The molecule has 2 fully saturated rings. The quantitative estimate of drug-likeness (QED) is 0.308. The molecule has 11 heteroatoms. The summed E-state index contributed by atoms with van der Waals surface area (Å²) in [7, 11) is 0. The Kier molecular flexibility index (Phi) is 8.77. The van der Waals surface area contributed by atoms with Crippen molar-refractivity contribution in [3.8, 4) is 5.75 Å². The third-order valence-electron chi connectivity index (χ3n) is 5.18. The molecule has 34 heavy (non-hydrogen) atoms. The lowest BCUT2D eigenvalue weighted by molar-refractivity contribution is -0.139. The average Bonchev–Trinajstić information content (AvgIpc) is 3.07. The van der Waals surface area contributed by atoms with Crippen LogP contribution in [0, 0.1) is 7.14 Å².